The summed E-state index contributed by atoms with van der Waals surface area (Å²) in [7, 11) is 3.95. The Morgan fingerprint density at radius 1 is 1.45 bits per heavy atom. The number of piperidine rings is 1. The summed E-state index contributed by atoms with van der Waals surface area (Å²) in [5, 5.41) is 7.20. The average molecular weight is 297 g/mol. The van der Waals surface area contributed by atoms with E-state index < -0.39 is 0 Å². The van der Waals surface area contributed by atoms with Gasteiger partial charge in [0, 0.05) is 32.1 Å². The first kappa shape index (κ1) is 15.9. The fourth-order valence-corrected chi connectivity index (χ4v) is 3.85. The van der Waals surface area contributed by atoms with Gasteiger partial charge in [0.25, 0.3) is 0 Å². The molecule has 1 fully saturated rings. The van der Waals surface area contributed by atoms with Crippen molar-refractivity contribution in [3.05, 3.63) is 16.1 Å². The topological polar surface area (TPSA) is 37.4 Å². The summed E-state index contributed by atoms with van der Waals surface area (Å²) in [6.07, 6.45) is 2.25. The lowest BCUT2D eigenvalue weighted by molar-refractivity contribution is 0.134. The molecule has 1 aliphatic rings. The highest BCUT2D eigenvalue weighted by Gasteiger charge is 2.37. The Labute approximate surface area is 126 Å². The molecule has 0 bridgehead atoms. The molecule has 1 aliphatic heterocycles. The zero-order valence-electron chi connectivity index (χ0n) is 13.1. The molecule has 0 radical (unpaired) electrons. The van der Waals surface area contributed by atoms with Gasteiger partial charge < -0.3 is 15.0 Å². The number of rotatable bonds is 6. The van der Waals surface area contributed by atoms with Crippen LogP contribution in [0.15, 0.2) is 5.38 Å². The van der Waals surface area contributed by atoms with Crippen molar-refractivity contribution in [2.45, 2.75) is 38.1 Å². The van der Waals surface area contributed by atoms with Crippen molar-refractivity contribution in [3.63, 3.8) is 0 Å². The second-order valence-corrected chi connectivity index (χ2v) is 6.90. The molecular formula is C15H27N3OS. The molecule has 114 valence electrons. The van der Waals surface area contributed by atoms with E-state index in [1.165, 1.54) is 10.7 Å². The number of aromatic nitrogens is 1. The van der Waals surface area contributed by atoms with Crippen LogP contribution in [0, 0.1) is 0 Å². The van der Waals surface area contributed by atoms with Crippen molar-refractivity contribution in [2.75, 3.05) is 40.4 Å². The van der Waals surface area contributed by atoms with Crippen LogP contribution in [0.25, 0.3) is 0 Å². The summed E-state index contributed by atoms with van der Waals surface area (Å²) in [5.41, 5.74) is 1.26. The third-order valence-electron chi connectivity index (χ3n) is 4.13. The van der Waals surface area contributed by atoms with Gasteiger partial charge in [-0.1, -0.05) is 13.8 Å². The van der Waals surface area contributed by atoms with Gasteiger partial charge in [-0.15, -0.1) is 11.3 Å². The summed E-state index contributed by atoms with van der Waals surface area (Å²) in [4.78, 5) is 7.30. The monoisotopic (exact) mass is 297 g/mol. The number of thiazole rings is 1. The number of ether oxygens (including phenoxy) is 1. The highest BCUT2D eigenvalue weighted by atomic mass is 32.1. The first-order valence-electron chi connectivity index (χ1n) is 7.46. The van der Waals surface area contributed by atoms with E-state index in [1.807, 2.05) is 11.3 Å². The van der Waals surface area contributed by atoms with Gasteiger partial charge in [0.1, 0.15) is 5.01 Å². The summed E-state index contributed by atoms with van der Waals surface area (Å²) in [6, 6.07) is 0. The van der Waals surface area contributed by atoms with Crippen LogP contribution in [0.1, 0.15) is 43.3 Å². The molecule has 1 aromatic rings. The lowest BCUT2D eigenvalue weighted by atomic mass is 9.88. The standard InChI is InChI=1S/C15H27N3OS/c1-12(2)13-11-20-14(17-13)15(16-7-10-19-4)5-8-18(3)9-6-15/h11-12,16H,5-10H2,1-4H3. The van der Waals surface area contributed by atoms with Crippen LogP contribution in [0.3, 0.4) is 0 Å². The second-order valence-electron chi connectivity index (χ2n) is 6.04. The third kappa shape index (κ3) is 3.58. The van der Waals surface area contributed by atoms with Crippen LogP contribution < -0.4 is 5.32 Å². The van der Waals surface area contributed by atoms with Crippen molar-refractivity contribution < 1.29 is 4.74 Å². The van der Waals surface area contributed by atoms with Gasteiger partial charge in [0.05, 0.1) is 17.8 Å². The zero-order chi connectivity index (χ0) is 14.6. The number of likely N-dealkylation sites (tertiary alicyclic amines) is 1. The number of methoxy groups -OCH3 is 1. The number of nitrogens with zero attached hydrogens (tertiary/aromatic N) is 2. The number of nitrogens with one attached hydrogen (secondary N) is 1. The summed E-state index contributed by atoms with van der Waals surface area (Å²) < 4.78 is 5.19. The van der Waals surface area contributed by atoms with Gasteiger partial charge in [-0.3, -0.25) is 0 Å². The van der Waals surface area contributed by atoms with E-state index in [4.69, 9.17) is 9.72 Å². The smallest absolute Gasteiger partial charge is 0.113 e. The molecule has 0 amide bonds. The van der Waals surface area contributed by atoms with E-state index in [-0.39, 0.29) is 5.54 Å². The fraction of sp³-hybridized carbons (Fsp3) is 0.800. The highest BCUT2D eigenvalue weighted by Crippen LogP contribution is 2.35. The number of hydrogen-bond acceptors (Lipinski definition) is 5. The van der Waals surface area contributed by atoms with E-state index in [0.29, 0.717) is 5.92 Å². The molecule has 2 rings (SSSR count). The quantitative estimate of drug-likeness (QED) is 0.818. The van der Waals surface area contributed by atoms with E-state index >= 15 is 0 Å². The van der Waals surface area contributed by atoms with Crippen LogP contribution >= 0.6 is 11.3 Å². The largest absolute Gasteiger partial charge is 0.383 e. The molecule has 4 nitrogen and oxygen atoms in total. The number of hydrogen-bond donors (Lipinski definition) is 1. The molecule has 0 spiro atoms. The maximum absolute atomic E-state index is 5.19. The Balaban J connectivity index is 2.16. The first-order chi connectivity index (χ1) is 9.57. The molecule has 5 heteroatoms. The highest BCUT2D eigenvalue weighted by molar-refractivity contribution is 7.09. The molecule has 1 N–H and O–H groups in total. The van der Waals surface area contributed by atoms with Gasteiger partial charge >= 0.3 is 0 Å². The lowest BCUT2D eigenvalue weighted by Crippen LogP contribution is -2.51. The summed E-state index contributed by atoms with van der Waals surface area (Å²) >= 11 is 1.81. The normalized spacial score (nSPS) is 19.6. The van der Waals surface area contributed by atoms with E-state index in [2.05, 4.69) is 36.5 Å². The van der Waals surface area contributed by atoms with Crippen molar-refractivity contribution >= 4 is 11.3 Å². The van der Waals surface area contributed by atoms with Gasteiger partial charge in [-0.25, -0.2) is 4.98 Å². The Kier molecular flexibility index (Phi) is 5.55. The molecule has 0 unspecified atom stereocenters. The zero-order valence-corrected chi connectivity index (χ0v) is 13.9. The van der Waals surface area contributed by atoms with Crippen LogP contribution in [0.5, 0.6) is 0 Å². The minimum Gasteiger partial charge on any atom is -0.383 e. The van der Waals surface area contributed by atoms with Crippen LogP contribution in [0.4, 0.5) is 0 Å². The van der Waals surface area contributed by atoms with E-state index in [1.54, 1.807) is 7.11 Å². The van der Waals surface area contributed by atoms with Crippen molar-refractivity contribution in [2.24, 2.45) is 0 Å². The molecule has 0 aliphatic carbocycles. The Morgan fingerprint density at radius 3 is 2.70 bits per heavy atom. The van der Waals surface area contributed by atoms with Gasteiger partial charge in [-0.2, -0.15) is 0 Å². The van der Waals surface area contributed by atoms with Crippen LogP contribution in [-0.2, 0) is 10.3 Å². The van der Waals surface area contributed by atoms with E-state index in [9.17, 15) is 0 Å². The summed E-state index contributed by atoms with van der Waals surface area (Å²) in [5.74, 6) is 0.502. The predicted octanol–water partition coefficient (Wildman–Crippen LogP) is 2.42. The van der Waals surface area contributed by atoms with Crippen LogP contribution in [-0.4, -0.2) is 50.3 Å². The minimum absolute atomic E-state index is 0.0445. The Morgan fingerprint density at radius 2 is 2.15 bits per heavy atom. The Bertz CT molecular complexity index is 411. The molecule has 1 aromatic heterocycles. The maximum atomic E-state index is 5.19. The maximum Gasteiger partial charge on any atom is 0.113 e. The molecule has 0 saturated carbocycles. The Hall–Kier alpha value is -0.490. The SMILES string of the molecule is COCCNC1(c2nc(C(C)C)cs2)CCN(C)CC1. The second kappa shape index (κ2) is 6.98. The average Bonchev–Trinajstić information content (AvgIpc) is 2.92. The molecular weight excluding hydrogens is 270 g/mol. The van der Waals surface area contributed by atoms with Crippen molar-refractivity contribution in [1.82, 2.24) is 15.2 Å². The third-order valence-corrected chi connectivity index (χ3v) is 5.20. The lowest BCUT2D eigenvalue weighted by Gasteiger charge is -2.40. The van der Waals surface area contributed by atoms with Crippen molar-refractivity contribution in [1.29, 1.82) is 0 Å². The minimum atomic E-state index is 0.0445. The fourth-order valence-electron chi connectivity index (χ4n) is 2.63. The van der Waals surface area contributed by atoms with Gasteiger partial charge in [-0.05, 0) is 25.8 Å². The van der Waals surface area contributed by atoms with Crippen molar-refractivity contribution in [3.8, 4) is 0 Å². The first-order valence-corrected chi connectivity index (χ1v) is 8.34. The summed E-state index contributed by atoms with van der Waals surface area (Å²) in [6.45, 7) is 8.29. The molecule has 0 atom stereocenters. The molecule has 1 saturated heterocycles. The predicted molar refractivity (Wildman–Crippen MR) is 84.5 cm³/mol. The van der Waals surface area contributed by atoms with Crippen LogP contribution in [0.2, 0.25) is 0 Å². The van der Waals surface area contributed by atoms with Gasteiger partial charge in [0.15, 0.2) is 0 Å². The van der Waals surface area contributed by atoms with E-state index in [0.717, 1.165) is 39.1 Å². The molecule has 20 heavy (non-hydrogen) atoms. The molecule has 0 aromatic carbocycles. The van der Waals surface area contributed by atoms with Gasteiger partial charge in [0.2, 0.25) is 0 Å². The molecule has 2 heterocycles.